The summed E-state index contributed by atoms with van der Waals surface area (Å²) in [6.45, 7) is 0. The van der Waals surface area contributed by atoms with Gasteiger partial charge in [-0.25, -0.2) is 8.78 Å². The molecule has 16 heteroatoms. The highest BCUT2D eigenvalue weighted by Crippen LogP contribution is 2.59. The van der Waals surface area contributed by atoms with Crippen molar-refractivity contribution in [2.75, 3.05) is 0 Å². The normalized spacial score (nSPS) is 18.5. The number of halogens is 16. The minimum atomic E-state index is -8.11. The van der Waals surface area contributed by atoms with Crippen LogP contribution in [0.3, 0.4) is 0 Å². The van der Waals surface area contributed by atoms with Crippen molar-refractivity contribution in [2.45, 2.75) is 48.4 Å². The van der Waals surface area contributed by atoms with Crippen LogP contribution in [0.15, 0.2) is 0 Å². The molecular formula is C8H2F16. The van der Waals surface area contributed by atoms with E-state index in [9.17, 15) is 70.2 Å². The van der Waals surface area contributed by atoms with E-state index in [1.54, 1.807) is 0 Å². The third-order valence-corrected chi connectivity index (χ3v) is 2.48. The van der Waals surface area contributed by atoms with Crippen molar-refractivity contribution in [1.29, 1.82) is 0 Å². The maximum absolute atomic E-state index is 12.8. The van der Waals surface area contributed by atoms with Gasteiger partial charge in [0.15, 0.2) is 0 Å². The van der Waals surface area contributed by atoms with E-state index in [-0.39, 0.29) is 0 Å². The molecule has 0 saturated carbocycles. The maximum Gasteiger partial charge on any atom is 0.460 e. The Labute approximate surface area is 120 Å². The van der Waals surface area contributed by atoms with E-state index in [0.29, 0.717) is 0 Å². The van der Waals surface area contributed by atoms with Crippen LogP contribution in [0.2, 0.25) is 0 Å². The van der Waals surface area contributed by atoms with E-state index in [1.165, 1.54) is 0 Å². The zero-order chi connectivity index (χ0) is 20.2. The van der Waals surface area contributed by atoms with Crippen molar-refractivity contribution < 1.29 is 70.2 Å². The standard InChI is InChI=1S/C8H2F16/c9-1(2(10)4(13,14)15)3(11,12)5(16,17)6(18,19)7(20,21)8(22,23)24/h1-2H. The molecule has 0 saturated heterocycles. The van der Waals surface area contributed by atoms with Crippen LogP contribution in [0.1, 0.15) is 0 Å². The Balaban J connectivity index is 6.12. The molecule has 2 unspecified atom stereocenters. The van der Waals surface area contributed by atoms with Gasteiger partial charge in [0.05, 0.1) is 0 Å². The summed E-state index contributed by atoms with van der Waals surface area (Å²) in [6, 6.07) is 0. The van der Waals surface area contributed by atoms with E-state index in [0.717, 1.165) is 0 Å². The van der Waals surface area contributed by atoms with E-state index in [4.69, 9.17) is 0 Å². The molecule has 0 bridgehead atoms. The first kappa shape index (κ1) is 22.9. The lowest BCUT2D eigenvalue weighted by Gasteiger charge is -2.38. The molecule has 0 rings (SSSR count). The van der Waals surface area contributed by atoms with E-state index in [2.05, 4.69) is 0 Å². The molecule has 2 atom stereocenters. The van der Waals surface area contributed by atoms with Crippen molar-refractivity contribution in [3.05, 3.63) is 0 Å². The second-order valence-corrected chi connectivity index (χ2v) is 4.19. The fourth-order valence-corrected chi connectivity index (χ4v) is 1.11. The Hall–Kier alpha value is -1.12. The third-order valence-electron chi connectivity index (χ3n) is 2.48. The van der Waals surface area contributed by atoms with Crippen LogP contribution >= 0.6 is 0 Å². The number of rotatable bonds is 5. The van der Waals surface area contributed by atoms with Crippen molar-refractivity contribution in [1.82, 2.24) is 0 Å². The van der Waals surface area contributed by atoms with Gasteiger partial charge in [0.2, 0.25) is 12.3 Å². The molecule has 0 radical (unpaired) electrons. The second kappa shape index (κ2) is 5.71. The molecule has 0 spiro atoms. The zero-order valence-electron chi connectivity index (χ0n) is 10.2. The summed E-state index contributed by atoms with van der Waals surface area (Å²) in [4.78, 5) is 0. The van der Waals surface area contributed by atoms with E-state index >= 15 is 0 Å². The average molecular weight is 402 g/mol. The smallest absolute Gasteiger partial charge is 0.237 e. The SMILES string of the molecule is FC(C(F)C(F)(F)C(F)(F)C(F)(F)C(F)(F)C(F)(F)F)C(F)(F)F. The number of alkyl halides is 16. The van der Waals surface area contributed by atoms with Gasteiger partial charge >= 0.3 is 36.0 Å². The third kappa shape index (κ3) is 3.19. The minimum absolute atomic E-state index is 5.58. The molecule has 0 aromatic rings. The zero-order valence-corrected chi connectivity index (χ0v) is 10.2. The first-order chi connectivity index (χ1) is 10.1. The van der Waals surface area contributed by atoms with Crippen LogP contribution in [-0.2, 0) is 0 Å². The fourth-order valence-electron chi connectivity index (χ4n) is 1.11. The lowest BCUT2D eigenvalue weighted by Crippen LogP contribution is -2.69. The van der Waals surface area contributed by atoms with Gasteiger partial charge in [0.25, 0.3) is 0 Å². The first-order valence-electron chi connectivity index (χ1n) is 4.99. The molecule has 0 aliphatic rings. The number of hydrogen-bond acceptors (Lipinski definition) is 0. The Morgan fingerprint density at radius 2 is 0.750 bits per heavy atom. The average Bonchev–Trinajstić information content (AvgIpc) is 2.33. The monoisotopic (exact) mass is 402 g/mol. The van der Waals surface area contributed by atoms with E-state index < -0.39 is 48.4 Å². The van der Waals surface area contributed by atoms with E-state index in [1.807, 2.05) is 0 Å². The Morgan fingerprint density at radius 1 is 0.417 bits per heavy atom. The molecule has 0 aliphatic carbocycles. The molecule has 24 heavy (non-hydrogen) atoms. The quantitative estimate of drug-likeness (QED) is 0.546. The summed E-state index contributed by atoms with van der Waals surface area (Å²) < 4.78 is 196. The summed E-state index contributed by atoms with van der Waals surface area (Å²) in [5, 5.41) is 0. The Kier molecular flexibility index (Phi) is 5.44. The minimum Gasteiger partial charge on any atom is -0.237 e. The van der Waals surface area contributed by atoms with Gasteiger partial charge in [-0.1, -0.05) is 0 Å². The van der Waals surface area contributed by atoms with Gasteiger partial charge in [-0.3, -0.25) is 0 Å². The molecular weight excluding hydrogens is 400 g/mol. The van der Waals surface area contributed by atoms with Crippen LogP contribution < -0.4 is 0 Å². The van der Waals surface area contributed by atoms with Crippen LogP contribution in [0.5, 0.6) is 0 Å². The van der Waals surface area contributed by atoms with Gasteiger partial charge < -0.3 is 0 Å². The van der Waals surface area contributed by atoms with Gasteiger partial charge in [-0.05, 0) is 0 Å². The molecule has 146 valence electrons. The molecule has 0 amide bonds. The van der Waals surface area contributed by atoms with Crippen LogP contribution in [-0.4, -0.2) is 48.4 Å². The van der Waals surface area contributed by atoms with Gasteiger partial charge in [0.1, 0.15) is 0 Å². The highest BCUT2D eigenvalue weighted by atomic mass is 19.4. The molecule has 0 N–H and O–H groups in total. The van der Waals surface area contributed by atoms with Gasteiger partial charge in [-0.2, -0.15) is 61.5 Å². The molecule has 0 fully saturated rings. The second-order valence-electron chi connectivity index (χ2n) is 4.19. The Bertz CT molecular complexity index is 440. The van der Waals surface area contributed by atoms with Gasteiger partial charge in [0, 0.05) is 0 Å². The molecule has 0 aromatic heterocycles. The summed E-state index contributed by atoms with van der Waals surface area (Å²) in [5.74, 6) is -31.7. The fraction of sp³-hybridized carbons (Fsp3) is 1.00. The molecule has 0 aliphatic heterocycles. The molecule has 0 nitrogen and oxygen atoms in total. The summed E-state index contributed by atoms with van der Waals surface area (Å²) in [6.07, 6.45) is -25.7. The van der Waals surface area contributed by atoms with Crippen molar-refractivity contribution in [3.63, 3.8) is 0 Å². The summed E-state index contributed by atoms with van der Waals surface area (Å²) in [5.41, 5.74) is 0. The highest BCUT2D eigenvalue weighted by Gasteiger charge is 2.89. The van der Waals surface area contributed by atoms with Crippen LogP contribution in [0, 0.1) is 0 Å². The molecule has 0 aromatic carbocycles. The molecule has 0 heterocycles. The van der Waals surface area contributed by atoms with Crippen LogP contribution in [0.25, 0.3) is 0 Å². The lowest BCUT2D eigenvalue weighted by molar-refractivity contribution is -0.429. The largest absolute Gasteiger partial charge is 0.460 e. The summed E-state index contributed by atoms with van der Waals surface area (Å²) in [7, 11) is 0. The predicted octanol–water partition coefficient (Wildman–Crippen LogP) is 5.33. The Morgan fingerprint density at radius 3 is 1.00 bits per heavy atom. The first-order valence-corrected chi connectivity index (χ1v) is 4.99. The van der Waals surface area contributed by atoms with Gasteiger partial charge in [-0.15, -0.1) is 0 Å². The number of hydrogen-bond donors (Lipinski definition) is 0. The lowest BCUT2D eigenvalue weighted by atomic mass is 9.93. The van der Waals surface area contributed by atoms with Crippen molar-refractivity contribution in [2.24, 2.45) is 0 Å². The van der Waals surface area contributed by atoms with Crippen LogP contribution in [0.4, 0.5) is 70.2 Å². The maximum atomic E-state index is 12.8. The van der Waals surface area contributed by atoms with Crippen molar-refractivity contribution >= 4 is 0 Å². The predicted molar refractivity (Wildman–Crippen MR) is 41.7 cm³/mol. The topological polar surface area (TPSA) is 0 Å². The highest BCUT2D eigenvalue weighted by molar-refractivity contribution is 5.09. The van der Waals surface area contributed by atoms with Crippen molar-refractivity contribution in [3.8, 4) is 0 Å². The summed E-state index contributed by atoms with van der Waals surface area (Å²) >= 11 is 0.